The lowest BCUT2D eigenvalue weighted by molar-refractivity contribution is 0.0774. The topological polar surface area (TPSA) is 50.4 Å². The molecule has 0 spiro atoms. The van der Waals surface area contributed by atoms with Crippen LogP contribution < -0.4 is 10.6 Å². The molecule has 2 amide bonds. The third-order valence-electron chi connectivity index (χ3n) is 3.68. The molecule has 0 aromatic heterocycles. The van der Waals surface area contributed by atoms with Crippen LogP contribution in [0, 0.1) is 0 Å². The fraction of sp³-hybridized carbons (Fsp3) is 0.421. The van der Waals surface area contributed by atoms with Crippen LogP contribution in [0.15, 0.2) is 42.5 Å². The highest BCUT2D eigenvalue weighted by atomic mass is 16.5. The molecule has 4 nitrogen and oxygen atoms in total. The normalized spacial score (nSPS) is 12.3. The number of hydrogen-bond donors (Lipinski definition) is 2. The fourth-order valence-electron chi connectivity index (χ4n) is 2.40. The van der Waals surface area contributed by atoms with E-state index in [2.05, 4.69) is 41.0 Å². The van der Waals surface area contributed by atoms with Crippen LogP contribution in [-0.2, 0) is 4.74 Å². The van der Waals surface area contributed by atoms with Crippen LogP contribution in [0.1, 0.15) is 38.8 Å². The maximum absolute atomic E-state index is 11.9. The Hall–Kier alpha value is -2.07. The van der Waals surface area contributed by atoms with Crippen LogP contribution in [-0.4, -0.2) is 25.3 Å². The van der Waals surface area contributed by atoms with E-state index < -0.39 is 0 Å². The summed E-state index contributed by atoms with van der Waals surface area (Å²) in [7, 11) is 0. The van der Waals surface area contributed by atoms with Gasteiger partial charge in [0.1, 0.15) is 0 Å². The first-order chi connectivity index (χ1) is 11.1. The zero-order valence-corrected chi connectivity index (χ0v) is 14.1. The van der Waals surface area contributed by atoms with E-state index in [1.165, 1.54) is 10.8 Å². The Balaban J connectivity index is 1.80. The molecule has 0 radical (unpaired) electrons. The minimum Gasteiger partial charge on any atom is -0.379 e. The summed E-state index contributed by atoms with van der Waals surface area (Å²) in [5.74, 6) is 0. The molecule has 124 valence electrons. The lowest BCUT2D eigenvalue weighted by atomic mass is 10.0. The van der Waals surface area contributed by atoms with E-state index in [1.54, 1.807) is 0 Å². The van der Waals surface area contributed by atoms with Gasteiger partial charge in [-0.05, 0) is 49.6 Å². The van der Waals surface area contributed by atoms with E-state index in [0.717, 1.165) is 12.0 Å². The van der Waals surface area contributed by atoms with Gasteiger partial charge in [0, 0.05) is 13.2 Å². The smallest absolute Gasteiger partial charge is 0.315 e. The predicted molar refractivity (Wildman–Crippen MR) is 94.6 cm³/mol. The van der Waals surface area contributed by atoms with E-state index in [-0.39, 0.29) is 18.2 Å². The zero-order chi connectivity index (χ0) is 16.7. The molecule has 1 atom stereocenters. The van der Waals surface area contributed by atoms with Crippen LogP contribution in [0.2, 0.25) is 0 Å². The Labute approximate surface area is 138 Å². The van der Waals surface area contributed by atoms with Crippen molar-refractivity contribution in [3.8, 4) is 0 Å². The highest BCUT2D eigenvalue weighted by molar-refractivity contribution is 5.83. The molecule has 0 aliphatic rings. The summed E-state index contributed by atoms with van der Waals surface area (Å²) >= 11 is 0. The molecule has 0 heterocycles. The monoisotopic (exact) mass is 314 g/mol. The Morgan fingerprint density at radius 2 is 1.83 bits per heavy atom. The van der Waals surface area contributed by atoms with E-state index in [0.29, 0.717) is 13.2 Å². The van der Waals surface area contributed by atoms with Crippen molar-refractivity contribution in [2.75, 3.05) is 13.2 Å². The van der Waals surface area contributed by atoms with Crippen LogP contribution >= 0.6 is 0 Å². The molecule has 0 saturated heterocycles. The molecule has 0 aliphatic heterocycles. The molecule has 0 fully saturated rings. The van der Waals surface area contributed by atoms with Crippen molar-refractivity contribution in [3.05, 3.63) is 48.0 Å². The van der Waals surface area contributed by atoms with Gasteiger partial charge in [-0.3, -0.25) is 0 Å². The SMILES string of the molecule is CC(C)OCCCNC(=O)NC(C)c1ccc2ccccc2c1. The first-order valence-electron chi connectivity index (χ1n) is 8.21. The maximum atomic E-state index is 11.9. The number of hydrogen-bond acceptors (Lipinski definition) is 2. The van der Waals surface area contributed by atoms with Gasteiger partial charge in [-0.2, -0.15) is 0 Å². The van der Waals surface area contributed by atoms with E-state index in [1.807, 2.05) is 32.9 Å². The summed E-state index contributed by atoms with van der Waals surface area (Å²) in [6.07, 6.45) is 1.05. The highest BCUT2D eigenvalue weighted by Crippen LogP contribution is 2.20. The van der Waals surface area contributed by atoms with Crippen molar-refractivity contribution < 1.29 is 9.53 Å². The molecule has 4 heteroatoms. The van der Waals surface area contributed by atoms with E-state index in [4.69, 9.17) is 4.74 Å². The molecule has 2 rings (SSSR count). The number of fused-ring (bicyclic) bond motifs is 1. The first-order valence-corrected chi connectivity index (χ1v) is 8.21. The summed E-state index contributed by atoms with van der Waals surface area (Å²) in [5, 5.41) is 8.23. The van der Waals surface area contributed by atoms with Crippen LogP contribution in [0.3, 0.4) is 0 Å². The quantitative estimate of drug-likeness (QED) is 0.759. The highest BCUT2D eigenvalue weighted by Gasteiger charge is 2.09. The van der Waals surface area contributed by atoms with Crippen molar-refractivity contribution in [1.82, 2.24) is 10.6 Å². The Morgan fingerprint density at radius 1 is 1.09 bits per heavy atom. The van der Waals surface area contributed by atoms with Gasteiger partial charge in [0.2, 0.25) is 0 Å². The molecule has 2 aromatic carbocycles. The standard InChI is InChI=1S/C19H26N2O2/c1-14(2)23-12-6-11-20-19(22)21-15(3)17-10-9-16-7-4-5-8-18(16)13-17/h4-5,7-10,13-15H,6,11-12H2,1-3H3,(H2,20,21,22). The average Bonchev–Trinajstić information content (AvgIpc) is 2.53. The summed E-state index contributed by atoms with van der Waals surface area (Å²) in [6.45, 7) is 7.28. The number of carbonyl (C=O) groups excluding carboxylic acids is 1. The lowest BCUT2D eigenvalue weighted by Crippen LogP contribution is -2.37. The number of urea groups is 1. The van der Waals surface area contributed by atoms with Crippen molar-refractivity contribution in [1.29, 1.82) is 0 Å². The second-order valence-electron chi connectivity index (χ2n) is 6.00. The van der Waals surface area contributed by atoms with Crippen molar-refractivity contribution in [2.45, 2.75) is 39.3 Å². The maximum Gasteiger partial charge on any atom is 0.315 e. The molecular formula is C19H26N2O2. The first kappa shape index (κ1) is 17.3. The number of ether oxygens (including phenoxy) is 1. The van der Waals surface area contributed by atoms with Crippen LogP contribution in [0.4, 0.5) is 4.79 Å². The number of amides is 2. The number of rotatable bonds is 7. The molecule has 2 aromatic rings. The lowest BCUT2D eigenvalue weighted by Gasteiger charge is -2.16. The third kappa shape index (κ3) is 5.57. The summed E-state index contributed by atoms with van der Waals surface area (Å²) in [4.78, 5) is 11.9. The van der Waals surface area contributed by atoms with E-state index >= 15 is 0 Å². The summed E-state index contributed by atoms with van der Waals surface area (Å²) < 4.78 is 5.44. The Kier molecular flexibility index (Phi) is 6.41. The summed E-state index contributed by atoms with van der Waals surface area (Å²) in [5.41, 5.74) is 1.10. The second kappa shape index (κ2) is 8.53. The van der Waals surface area contributed by atoms with Crippen LogP contribution in [0.25, 0.3) is 10.8 Å². The van der Waals surface area contributed by atoms with Gasteiger partial charge in [0.25, 0.3) is 0 Å². The predicted octanol–water partition coefficient (Wildman–Crippen LogP) is 4.02. The Bertz CT molecular complexity index is 640. The van der Waals surface area contributed by atoms with E-state index in [9.17, 15) is 4.79 Å². The molecule has 2 N–H and O–H groups in total. The van der Waals surface area contributed by atoms with Gasteiger partial charge >= 0.3 is 6.03 Å². The molecule has 0 saturated carbocycles. The number of nitrogens with one attached hydrogen (secondary N) is 2. The number of benzene rings is 2. The summed E-state index contributed by atoms with van der Waals surface area (Å²) in [6, 6.07) is 14.3. The molecule has 1 unspecified atom stereocenters. The van der Waals surface area contributed by atoms with Crippen LogP contribution in [0.5, 0.6) is 0 Å². The minimum absolute atomic E-state index is 0.0356. The largest absolute Gasteiger partial charge is 0.379 e. The van der Waals surface area contributed by atoms with Crippen molar-refractivity contribution in [3.63, 3.8) is 0 Å². The Morgan fingerprint density at radius 3 is 2.57 bits per heavy atom. The van der Waals surface area contributed by atoms with Crippen molar-refractivity contribution >= 4 is 16.8 Å². The molecule has 23 heavy (non-hydrogen) atoms. The average molecular weight is 314 g/mol. The fourth-order valence-corrected chi connectivity index (χ4v) is 2.40. The van der Waals surface area contributed by atoms with Gasteiger partial charge < -0.3 is 15.4 Å². The third-order valence-corrected chi connectivity index (χ3v) is 3.68. The zero-order valence-electron chi connectivity index (χ0n) is 14.1. The second-order valence-corrected chi connectivity index (χ2v) is 6.00. The van der Waals surface area contributed by atoms with Gasteiger partial charge in [-0.15, -0.1) is 0 Å². The van der Waals surface area contributed by atoms with Crippen molar-refractivity contribution in [2.24, 2.45) is 0 Å². The minimum atomic E-state index is -0.143. The number of carbonyl (C=O) groups is 1. The molecule has 0 aliphatic carbocycles. The van der Waals surface area contributed by atoms with Gasteiger partial charge in [-0.1, -0.05) is 36.4 Å². The van der Waals surface area contributed by atoms with Gasteiger partial charge in [0.05, 0.1) is 12.1 Å². The molecular weight excluding hydrogens is 288 g/mol. The van der Waals surface area contributed by atoms with Gasteiger partial charge in [0.15, 0.2) is 0 Å². The van der Waals surface area contributed by atoms with Gasteiger partial charge in [-0.25, -0.2) is 4.79 Å². The molecule has 0 bridgehead atoms.